The number of aromatic nitrogens is 6. The molecule has 0 spiro atoms. The predicted octanol–water partition coefficient (Wildman–Crippen LogP) is 3.47. The van der Waals surface area contributed by atoms with Crippen molar-refractivity contribution in [1.82, 2.24) is 34.7 Å². The molecule has 0 N–H and O–H groups in total. The van der Waals surface area contributed by atoms with Gasteiger partial charge in [0.2, 0.25) is 0 Å². The molecule has 1 saturated heterocycles. The van der Waals surface area contributed by atoms with Crippen LogP contribution in [0.1, 0.15) is 81.3 Å². The van der Waals surface area contributed by atoms with Crippen LogP contribution in [0.5, 0.6) is 0 Å². The van der Waals surface area contributed by atoms with Crippen LogP contribution in [0.2, 0.25) is 0 Å². The molecule has 0 unspecified atom stereocenters. The van der Waals surface area contributed by atoms with Crippen LogP contribution in [0.25, 0.3) is 5.65 Å². The number of nitrogens with zero attached hydrogens (tertiary/aromatic N) is 7. The van der Waals surface area contributed by atoms with Gasteiger partial charge in [0.15, 0.2) is 11.5 Å². The number of rotatable bonds is 4. The molecule has 2 fully saturated rings. The van der Waals surface area contributed by atoms with E-state index in [1.54, 1.807) is 0 Å². The quantitative estimate of drug-likeness (QED) is 0.678. The molecular weight excluding hydrogens is 362 g/mol. The van der Waals surface area contributed by atoms with Crippen molar-refractivity contribution in [3.63, 3.8) is 0 Å². The Morgan fingerprint density at radius 1 is 0.966 bits per heavy atom. The number of hydrogen-bond donors (Lipinski definition) is 0. The maximum atomic E-state index is 4.86. The molecule has 1 saturated carbocycles. The fourth-order valence-corrected chi connectivity index (χ4v) is 4.08. The SMILES string of the molecule is CC(C)(C)c1ccc2nnc(C3CCN(Cc4ccnc(C5CC5)n4)CC3)n2n1. The first-order chi connectivity index (χ1) is 14.0. The van der Waals surface area contributed by atoms with Gasteiger partial charge in [0.05, 0.1) is 11.4 Å². The van der Waals surface area contributed by atoms with E-state index in [0.717, 1.165) is 61.2 Å². The molecule has 7 heteroatoms. The molecule has 3 aromatic heterocycles. The van der Waals surface area contributed by atoms with Crippen molar-refractivity contribution in [2.75, 3.05) is 13.1 Å². The smallest absolute Gasteiger partial charge is 0.177 e. The van der Waals surface area contributed by atoms with Crippen molar-refractivity contribution < 1.29 is 0 Å². The van der Waals surface area contributed by atoms with Gasteiger partial charge in [-0.15, -0.1) is 10.2 Å². The highest BCUT2D eigenvalue weighted by molar-refractivity contribution is 5.37. The molecule has 0 bridgehead atoms. The number of hydrogen-bond acceptors (Lipinski definition) is 6. The lowest BCUT2D eigenvalue weighted by Crippen LogP contribution is -2.33. The van der Waals surface area contributed by atoms with Crippen LogP contribution >= 0.6 is 0 Å². The minimum atomic E-state index is 0.00988. The second-order valence-electron chi connectivity index (χ2n) is 9.53. The molecule has 7 nitrogen and oxygen atoms in total. The Balaban J connectivity index is 1.27. The van der Waals surface area contributed by atoms with Crippen LogP contribution in [-0.4, -0.2) is 47.8 Å². The molecule has 29 heavy (non-hydrogen) atoms. The van der Waals surface area contributed by atoms with Crippen LogP contribution in [0, 0.1) is 0 Å². The lowest BCUT2D eigenvalue weighted by Gasteiger charge is -2.30. The first-order valence-electron chi connectivity index (χ1n) is 10.7. The molecular formula is C22H29N7. The van der Waals surface area contributed by atoms with E-state index in [0.29, 0.717) is 11.8 Å². The van der Waals surface area contributed by atoms with Crippen LogP contribution in [0.3, 0.4) is 0 Å². The lowest BCUT2D eigenvalue weighted by molar-refractivity contribution is 0.198. The molecule has 0 aromatic carbocycles. The zero-order chi connectivity index (χ0) is 20.0. The Labute approximate surface area is 171 Å². The maximum absolute atomic E-state index is 4.86. The minimum Gasteiger partial charge on any atom is -0.297 e. The summed E-state index contributed by atoms with van der Waals surface area (Å²) in [5.41, 5.74) is 3.06. The van der Waals surface area contributed by atoms with Gasteiger partial charge in [-0.3, -0.25) is 4.90 Å². The number of likely N-dealkylation sites (tertiary alicyclic amines) is 1. The van der Waals surface area contributed by atoms with Gasteiger partial charge >= 0.3 is 0 Å². The van der Waals surface area contributed by atoms with Gasteiger partial charge in [-0.2, -0.15) is 9.61 Å². The van der Waals surface area contributed by atoms with Gasteiger partial charge < -0.3 is 0 Å². The summed E-state index contributed by atoms with van der Waals surface area (Å²) >= 11 is 0. The fourth-order valence-electron chi connectivity index (χ4n) is 4.08. The molecule has 4 heterocycles. The lowest BCUT2D eigenvalue weighted by atomic mass is 9.92. The Morgan fingerprint density at radius 2 is 1.76 bits per heavy atom. The maximum Gasteiger partial charge on any atom is 0.177 e. The van der Waals surface area contributed by atoms with Crippen molar-refractivity contribution in [3.05, 3.63) is 47.4 Å². The van der Waals surface area contributed by atoms with Gasteiger partial charge in [0, 0.05) is 30.0 Å². The Kier molecular flexibility index (Phi) is 4.57. The van der Waals surface area contributed by atoms with Crippen molar-refractivity contribution >= 4 is 5.65 Å². The molecule has 3 aromatic rings. The summed E-state index contributed by atoms with van der Waals surface area (Å²) in [4.78, 5) is 11.7. The van der Waals surface area contributed by atoms with Gasteiger partial charge in [-0.05, 0) is 57.0 Å². The summed E-state index contributed by atoms with van der Waals surface area (Å²) in [5, 5.41) is 13.7. The molecule has 0 radical (unpaired) electrons. The summed E-state index contributed by atoms with van der Waals surface area (Å²) in [7, 11) is 0. The highest BCUT2D eigenvalue weighted by atomic mass is 15.4. The summed E-state index contributed by atoms with van der Waals surface area (Å²) in [6.45, 7) is 9.55. The Morgan fingerprint density at radius 3 is 2.48 bits per heavy atom. The first-order valence-corrected chi connectivity index (χ1v) is 10.7. The van der Waals surface area contributed by atoms with E-state index in [9.17, 15) is 0 Å². The predicted molar refractivity (Wildman–Crippen MR) is 111 cm³/mol. The average molecular weight is 392 g/mol. The van der Waals surface area contributed by atoms with E-state index >= 15 is 0 Å². The van der Waals surface area contributed by atoms with Crippen molar-refractivity contribution in [2.24, 2.45) is 0 Å². The van der Waals surface area contributed by atoms with E-state index < -0.39 is 0 Å². The number of fused-ring (bicyclic) bond motifs is 1. The van der Waals surface area contributed by atoms with Crippen LogP contribution in [0.4, 0.5) is 0 Å². The molecule has 0 amide bonds. The third-order valence-electron chi connectivity index (χ3n) is 6.07. The highest BCUT2D eigenvalue weighted by Crippen LogP contribution is 2.37. The van der Waals surface area contributed by atoms with Crippen LogP contribution in [0.15, 0.2) is 24.4 Å². The van der Waals surface area contributed by atoms with Gasteiger partial charge in [0.25, 0.3) is 0 Å². The van der Waals surface area contributed by atoms with Gasteiger partial charge in [0.1, 0.15) is 5.82 Å². The van der Waals surface area contributed by atoms with Gasteiger partial charge in [-0.1, -0.05) is 20.8 Å². The Hall–Kier alpha value is -2.41. The summed E-state index contributed by atoms with van der Waals surface area (Å²) < 4.78 is 1.97. The molecule has 1 aliphatic carbocycles. The monoisotopic (exact) mass is 391 g/mol. The first kappa shape index (κ1) is 18.6. The topological polar surface area (TPSA) is 72.1 Å². The summed E-state index contributed by atoms with van der Waals surface area (Å²) in [6, 6.07) is 6.15. The normalized spacial score (nSPS) is 19.1. The van der Waals surface area contributed by atoms with E-state index in [1.807, 2.05) is 16.8 Å². The Bertz CT molecular complexity index is 1010. The van der Waals surface area contributed by atoms with E-state index in [1.165, 1.54) is 12.8 Å². The van der Waals surface area contributed by atoms with E-state index in [-0.39, 0.29) is 5.41 Å². The van der Waals surface area contributed by atoms with Crippen molar-refractivity contribution in [1.29, 1.82) is 0 Å². The standard InChI is InChI=1S/C22H29N7/c1-22(2,3)18-6-7-19-25-26-21(29(19)27-18)16-9-12-28(13-10-16)14-17-8-11-23-20(24-17)15-4-5-15/h6-8,11,15-16H,4-5,9-10,12-14H2,1-3H3. The zero-order valence-electron chi connectivity index (χ0n) is 17.5. The summed E-state index contributed by atoms with van der Waals surface area (Å²) in [5.74, 6) is 3.04. The van der Waals surface area contributed by atoms with Crippen molar-refractivity contribution in [3.8, 4) is 0 Å². The fraction of sp³-hybridized carbons (Fsp3) is 0.591. The molecule has 1 aliphatic heterocycles. The molecule has 5 rings (SSSR count). The second-order valence-corrected chi connectivity index (χ2v) is 9.53. The third kappa shape index (κ3) is 3.88. The highest BCUT2D eigenvalue weighted by Gasteiger charge is 2.28. The third-order valence-corrected chi connectivity index (χ3v) is 6.07. The van der Waals surface area contributed by atoms with Gasteiger partial charge in [-0.25, -0.2) is 9.97 Å². The molecule has 152 valence electrons. The van der Waals surface area contributed by atoms with E-state index in [2.05, 4.69) is 53.0 Å². The van der Waals surface area contributed by atoms with Crippen molar-refractivity contribution in [2.45, 2.75) is 70.3 Å². The molecule has 2 aliphatic rings. The average Bonchev–Trinajstić information content (AvgIpc) is 3.47. The van der Waals surface area contributed by atoms with E-state index in [4.69, 9.17) is 10.1 Å². The zero-order valence-corrected chi connectivity index (χ0v) is 17.5. The molecule has 0 atom stereocenters. The van der Waals surface area contributed by atoms with Crippen LogP contribution < -0.4 is 0 Å². The summed E-state index contributed by atoms with van der Waals surface area (Å²) in [6.07, 6.45) is 6.55. The van der Waals surface area contributed by atoms with Crippen LogP contribution in [-0.2, 0) is 12.0 Å². The number of piperidine rings is 1. The minimum absolute atomic E-state index is 0.00988. The second kappa shape index (κ2) is 7.13. The largest absolute Gasteiger partial charge is 0.297 e.